The average Bonchev–Trinajstić information content (AvgIpc) is 3.10. The normalized spacial score (nSPS) is 11.1. The number of benzene rings is 1. The number of carbonyl (C=O) groups is 1. The number of nitrogens with one attached hydrogen (secondary N) is 1. The lowest BCUT2D eigenvalue weighted by molar-refractivity contribution is -0.119. The number of nitrogens with zero attached hydrogens (tertiary/aromatic N) is 5. The van der Waals surface area contributed by atoms with Gasteiger partial charge in [-0.05, 0) is 25.0 Å². The molecule has 0 atom stereocenters. The van der Waals surface area contributed by atoms with Crippen LogP contribution >= 0.6 is 0 Å². The summed E-state index contributed by atoms with van der Waals surface area (Å²) in [5, 5.41) is 8.10. The van der Waals surface area contributed by atoms with Crippen LogP contribution in [0.5, 0.6) is 0 Å². The predicted molar refractivity (Wildman–Crippen MR) is 111 cm³/mol. The molecule has 29 heavy (non-hydrogen) atoms. The molecule has 0 aliphatic carbocycles. The molecule has 0 radical (unpaired) electrons. The van der Waals surface area contributed by atoms with E-state index in [4.69, 9.17) is 5.73 Å². The van der Waals surface area contributed by atoms with Gasteiger partial charge in [-0.3, -0.25) is 19.1 Å². The van der Waals surface area contributed by atoms with Crippen molar-refractivity contribution in [3.63, 3.8) is 0 Å². The van der Waals surface area contributed by atoms with Gasteiger partial charge in [-0.25, -0.2) is 9.48 Å². The maximum absolute atomic E-state index is 13.2. The van der Waals surface area contributed by atoms with Gasteiger partial charge in [0.05, 0.1) is 5.52 Å². The molecule has 1 aromatic carbocycles. The van der Waals surface area contributed by atoms with E-state index >= 15 is 0 Å². The third-order valence-corrected chi connectivity index (χ3v) is 4.67. The van der Waals surface area contributed by atoms with E-state index in [1.54, 1.807) is 0 Å². The van der Waals surface area contributed by atoms with Crippen LogP contribution in [0.25, 0.3) is 11.0 Å². The molecule has 0 fully saturated rings. The van der Waals surface area contributed by atoms with E-state index in [9.17, 15) is 14.4 Å². The molecular weight excluding hydrogens is 374 g/mol. The number of hydrogen-bond acceptors (Lipinski definition) is 6. The largest absolute Gasteiger partial charge is 0.383 e. The molecule has 3 rings (SSSR count). The van der Waals surface area contributed by atoms with E-state index in [1.807, 2.05) is 38.1 Å². The molecule has 0 bridgehead atoms. The van der Waals surface area contributed by atoms with Crippen molar-refractivity contribution in [3.8, 4) is 0 Å². The highest BCUT2D eigenvalue weighted by Crippen LogP contribution is 2.19. The van der Waals surface area contributed by atoms with Crippen molar-refractivity contribution in [1.82, 2.24) is 24.5 Å². The number of rotatable bonds is 8. The van der Waals surface area contributed by atoms with Crippen LogP contribution in [0, 0.1) is 0 Å². The van der Waals surface area contributed by atoms with Gasteiger partial charge in [0.1, 0.15) is 17.9 Å². The first-order chi connectivity index (χ1) is 14.0. The summed E-state index contributed by atoms with van der Waals surface area (Å²) in [4.78, 5) is 41.5. The van der Waals surface area contributed by atoms with Crippen LogP contribution in [-0.2, 0) is 17.9 Å². The lowest BCUT2D eigenvalue weighted by Gasteiger charge is -2.24. The van der Waals surface area contributed by atoms with Gasteiger partial charge in [0.15, 0.2) is 5.69 Å². The summed E-state index contributed by atoms with van der Waals surface area (Å²) in [7, 11) is 0. The van der Waals surface area contributed by atoms with Crippen LogP contribution in [-0.4, -0.2) is 37.0 Å². The molecule has 1 amide bonds. The van der Waals surface area contributed by atoms with Crippen LogP contribution in [0.3, 0.4) is 0 Å². The third-order valence-electron chi connectivity index (χ3n) is 4.67. The van der Waals surface area contributed by atoms with Crippen LogP contribution in [0.4, 0.5) is 11.5 Å². The number of nitrogens with two attached hydrogens (primary N) is 1. The van der Waals surface area contributed by atoms with Gasteiger partial charge in [-0.1, -0.05) is 37.6 Å². The summed E-state index contributed by atoms with van der Waals surface area (Å²) in [5.74, 6) is -0.360. The Bertz CT molecular complexity index is 1130. The zero-order chi connectivity index (χ0) is 21.0. The van der Waals surface area contributed by atoms with Crippen molar-refractivity contribution >= 4 is 28.4 Å². The van der Waals surface area contributed by atoms with Crippen LogP contribution in [0.2, 0.25) is 0 Å². The van der Waals surface area contributed by atoms with Crippen molar-refractivity contribution < 1.29 is 4.79 Å². The number of para-hydroxylation sites is 1. The fourth-order valence-electron chi connectivity index (χ4n) is 3.21. The van der Waals surface area contributed by atoms with Crippen molar-refractivity contribution in [2.75, 3.05) is 17.2 Å². The number of carbonyl (C=O) groups excluding carboxylic acids is 1. The number of H-pyrrole nitrogens is 1. The Morgan fingerprint density at radius 1 is 1.21 bits per heavy atom. The molecule has 2 aromatic heterocycles. The molecular formula is C19H25N7O3. The molecule has 0 unspecified atom stereocenters. The topological polar surface area (TPSA) is 132 Å². The van der Waals surface area contributed by atoms with Crippen LogP contribution in [0.1, 0.15) is 33.1 Å². The fourth-order valence-corrected chi connectivity index (χ4v) is 3.21. The Morgan fingerprint density at radius 3 is 2.69 bits per heavy atom. The van der Waals surface area contributed by atoms with Gasteiger partial charge in [0.25, 0.3) is 5.56 Å². The quantitative estimate of drug-likeness (QED) is 0.583. The second-order valence-corrected chi connectivity index (χ2v) is 6.78. The summed E-state index contributed by atoms with van der Waals surface area (Å²) < 4.78 is 2.77. The highest BCUT2D eigenvalue weighted by Gasteiger charge is 2.24. The molecule has 154 valence electrons. The van der Waals surface area contributed by atoms with Crippen LogP contribution in [0.15, 0.2) is 33.9 Å². The standard InChI is InChI=1S/C19H25N7O3/c1-3-5-11-24(16-17(20)25(10-4-2)19(29)21-18(16)28)15(27)12-26-14-9-7-6-8-13(14)22-23-26/h6-9H,3-5,10-12,20H2,1-2H3,(H,21,28,29). The molecule has 10 heteroatoms. The molecule has 2 heterocycles. The van der Waals surface area contributed by atoms with Gasteiger partial charge in [0, 0.05) is 13.1 Å². The van der Waals surface area contributed by atoms with Gasteiger partial charge in [0.2, 0.25) is 5.91 Å². The van der Waals surface area contributed by atoms with E-state index in [2.05, 4.69) is 15.3 Å². The Labute approximate surface area is 166 Å². The number of anilines is 2. The number of nitrogen functional groups attached to an aromatic ring is 1. The highest BCUT2D eigenvalue weighted by molar-refractivity contribution is 5.96. The van der Waals surface area contributed by atoms with Crippen molar-refractivity contribution in [3.05, 3.63) is 45.1 Å². The SMILES string of the molecule is CCCCN(C(=O)Cn1nnc2ccccc21)c1c(N)n(CCC)c(=O)[nH]c1=O. The van der Waals surface area contributed by atoms with Gasteiger partial charge < -0.3 is 10.6 Å². The Kier molecular flexibility index (Phi) is 6.10. The number of fused-ring (bicyclic) bond motifs is 1. The third kappa shape index (κ3) is 4.05. The zero-order valence-electron chi connectivity index (χ0n) is 16.6. The first-order valence-corrected chi connectivity index (χ1v) is 9.69. The monoisotopic (exact) mass is 399 g/mol. The molecule has 0 aliphatic heterocycles. The second kappa shape index (κ2) is 8.72. The van der Waals surface area contributed by atoms with E-state index < -0.39 is 11.2 Å². The smallest absolute Gasteiger partial charge is 0.330 e. The van der Waals surface area contributed by atoms with Gasteiger partial charge in [-0.15, -0.1) is 5.10 Å². The zero-order valence-corrected chi connectivity index (χ0v) is 16.6. The summed E-state index contributed by atoms with van der Waals surface area (Å²) in [6, 6.07) is 7.31. The van der Waals surface area contributed by atoms with Crippen molar-refractivity contribution in [2.45, 2.75) is 46.2 Å². The number of amides is 1. The van der Waals surface area contributed by atoms with E-state index in [-0.39, 0.29) is 24.0 Å². The first-order valence-electron chi connectivity index (χ1n) is 9.69. The summed E-state index contributed by atoms with van der Waals surface area (Å²) >= 11 is 0. The summed E-state index contributed by atoms with van der Waals surface area (Å²) in [5.41, 5.74) is 6.30. The maximum atomic E-state index is 13.2. The van der Waals surface area contributed by atoms with Gasteiger partial charge in [-0.2, -0.15) is 0 Å². The van der Waals surface area contributed by atoms with Crippen molar-refractivity contribution in [2.24, 2.45) is 0 Å². The minimum Gasteiger partial charge on any atom is -0.383 e. The number of hydrogen-bond donors (Lipinski definition) is 2. The van der Waals surface area contributed by atoms with E-state index in [0.29, 0.717) is 37.0 Å². The number of unbranched alkanes of at least 4 members (excludes halogenated alkanes) is 1. The Hall–Kier alpha value is -3.43. The highest BCUT2D eigenvalue weighted by atomic mass is 16.2. The predicted octanol–water partition coefficient (Wildman–Crippen LogP) is 1.11. The van der Waals surface area contributed by atoms with E-state index in [0.717, 1.165) is 6.42 Å². The molecule has 0 saturated carbocycles. The lowest BCUT2D eigenvalue weighted by atomic mass is 10.2. The lowest BCUT2D eigenvalue weighted by Crippen LogP contribution is -2.43. The average molecular weight is 399 g/mol. The Morgan fingerprint density at radius 2 is 1.97 bits per heavy atom. The number of aromatic amines is 1. The summed E-state index contributed by atoms with van der Waals surface area (Å²) in [6.07, 6.45) is 2.15. The van der Waals surface area contributed by atoms with Gasteiger partial charge >= 0.3 is 5.69 Å². The minimum atomic E-state index is -0.673. The second-order valence-electron chi connectivity index (χ2n) is 6.78. The fraction of sp³-hybridized carbons (Fsp3) is 0.421. The minimum absolute atomic E-state index is 0.000853. The molecule has 0 spiro atoms. The molecule has 0 saturated heterocycles. The maximum Gasteiger partial charge on any atom is 0.330 e. The summed E-state index contributed by atoms with van der Waals surface area (Å²) in [6.45, 7) is 4.43. The number of aromatic nitrogens is 5. The molecule has 3 aromatic rings. The Balaban J connectivity index is 2.02. The molecule has 3 N–H and O–H groups in total. The molecule has 0 aliphatic rings. The first kappa shape index (κ1) is 20.3. The molecule has 10 nitrogen and oxygen atoms in total. The van der Waals surface area contributed by atoms with E-state index in [1.165, 1.54) is 14.1 Å². The van der Waals surface area contributed by atoms with Crippen LogP contribution < -0.4 is 21.9 Å². The van der Waals surface area contributed by atoms with Crippen molar-refractivity contribution in [1.29, 1.82) is 0 Å².